The molecule has 1 aromatic rings. The average Bonchev–Trinajstić information content (AvgIpc) is 3.30. The quantitative estimate of drug-likeness (QED) is 0.257. The molecule has 0 bridgehead atoms. The summed E-state index contributed by atoms with van der Waals surface area (Å²) in [6, 6.07) is 8.90. The van der Waals surface area contributed by atoms with Crippen molar-refractivity contribution in [3.05, 3.63) is 35.9 Å². The van der Waals surface area contributed by atoms with Crippen LogP contribution in [0.3, 0.4) is 0 Å². The van der Waals surface area contributed by atoms with Crippen molar-refractivity contribution in [1.82, 2.24) is 5.43 Å². The van der Waals surface area contributed by atoms with Gasteiger partial charge in [0.1, 0.15) is 11.8 Å². The Morgan fingerprint density at radius 1 is 1.10 bits per heavy atom. The van der Waals surface area contributed by atoms with E-state index in [9.17, 15) is 15.2 Å². The number of fused-ring (bicyclic) bond motifs is 5. The first kappa shape index (κ1) is 27.4. The lowest BCUT2D eigenvalue weighted by molar-refractivity contribution is -0.114. The van der Waals surface area contributed by atoms with Crippen LogP contribution < -0.4 is 15.6 Å². The maximum absolute atomic E-state index is 12.7. The second-order valence-corrected chi connectivity index (χ2v) is 12.4. The van der Waals surface area contributed by atoms with Gasteiger partial charge < -0.3 is 9.84 Å². The number of amides is 1. The Morgan fingerprint density at radius 2 is 1.87 bits per heavy atom. The zero-order valence-electron chi connectivity index (χ0n) is 23.5. The lowest BCUT2D eigenvalue weighted by Crippen LogP contribution is -2.51. The Labute approximate surface area is 231 Å². The zero-order valence-corrected chi connectivity index (χ0v) is 23.5. The summed E-state index contributed by atoms with van der Waals surface area (Å²) in [6.07, 6.45) is 10.9. The number of nitriles is 1. The van der Waals surface area contributed by atoms with Crippen molar-refractivity contribution in [2.45, 2.75) is 78.2 Å². The van der Waals surface area contributed by atoms with E-state index < -0.39 is 5.91 Å². The Bertz CT molecular complexity index is 1230. The van der Waals surface area contributed by atoms with Crippen LogP contribution in [0.1, 0.15) is 72.1 Å². The van der Waals surface area contributed by atoms with Crippen molar-refractivity contribution in [3.63, 3.8) is 0 Å². The van der Waals surface area contributed by atoms with E-state index >= 15 is 0 Å². The second-order valence-electron chi connectivity index (χ2n) is 12.4. The predicted octanol–water partition coefficient (Wildman–Crippen LogP) is 5.42. The molecule has 0 spiro atoms. The number of methoxy groups -OCH3 is 1. The molecular weight excluding hydrogens is 490 g/mol. The van der Waals surface area contributed by atoms with Gasteiger partial charge in [0.15, 0.2) is 0 Å². The average molecular weight is 532 g/mol. The molecule has 39 heavy (non-hydrogen) atoms. The summed E-state index contributed by atoms with van der Waals surface area (Å²) in [7, 11) is 1.59. The molecule has 3 N–H and O–H groups in total. The molecule has 4 aliphatic carbocycles. The highest BCUT2D eigenvalue weighted by Crippen LogP contribution is 2.66. The van der Waals surface area contributed by atoms with Crippen LogP contribution in [-0.4, -0.2) is 35.7 Å². The van der Waals surface area contributed by atoms with Crippen LogP contribution >= 0.6 is 0 Å². The number of rotatable bonds is 6. The van der Waals surface area contributed by atoms with Crippen LogP contribution in [0.4, 0.5) is 5.69 Å². The van der Waals surface area contributed by atoms with Gasteiger partial charge in [0, 0.05) is 11.6 Å². The zero-order chi connectivity index (χ0) is 27.8. The number of hydrogen-bond donors (Lipinski definition) is 3. The fourth-order valence-corrected chi connectivity index (χ4v) is 8.51. The number of aliphatic hydroxyl groups is 1. The van der Waals surface area contributed by atoms with Gasteiger partial charge in [0.25, 0.3) is 0 Å². The minimum Gasteiger partial charge on any atom is -0.497 e. The number of anilines is 1. The van der Waals surface area contributed by atoms with Gasteiger partial charge in [-0.3, -0.25) is 10.2 Å². The molecule has 7 atom stereocenters. The van der Waals surface area contributed by atoms with Crippen LogP contribution in [0, 0.1) is 45.8 Å². The molecule has 0 saturated heterocycles. The van der Waals surface area contributed by atoms with Gasteiger partial charge in [-0.25, -0.2) is 5.43 Å². The number of carbonyl (C=O) groups is 1. The van der Waals surface area contributed by atoms with Crippen LogP contribution in [-0.2, 0) is 4.79 Å². The Balaban J connectivity index is 1.25. The first-order valence-corrected chi connectivity index (χ1v) is 14.3. The standard InChI is InChI=1S/C31H41N5O3/c1-19(33-36-29(38)28(18-32)35-34-21-6-8-23(39-4)9-7-21)25-11-12-26-24-10-5-20-17-22(37)13-15-30(20,2)27(24)14-16-31(25,26)3/h5-9,22,24-27,34,37H,10-17H2,1-4H3,(H,36,38)/b33-19+,35-28+/t22-,24-,25+,26-,27-,30-,31+/m0/s1. The normalized spacial score (nSPS) is 36.0. The molecule has 4 aliphatic rings. The highest BCUT2D eigenvalue weighted by atomic mass is 16.5. The van der Waals surface area contributed by atoms with Crippen LogP contribution in [0.15, 0.2) is 46.1 Å². The summed E-state index contributed by atoms with van der Waals surface area (Å²) in [5.41, 5.74) is 8.48. The molecule has 3 saturated carbocycles. The van der Waals surface area contributed by atoms with Gasteiger partial charge in [0.05, 0.1) is 18.9 Å². The van der Waals surface area contributed by atoms with E-state index in [1.165, 1.54) is 18.4 Å². The third-order valence-corrected chi connectivity index (χ3v) is 10.6. The fourth-order valence-electron chi connectivity index (χ4n) is 8.51. The number of nitrogens with one attached hydrogen (secondary N) is 2. The van der Waals surface area contributed by atoms with E-state index in [0.717, 1.165) is 44.2 Å². The monoisotopic (exact) mass is 531 g/mol. The Hall–Kier alpha value is -3.18. The molecule has 0 heterocycles. The number of ether oxygens (including phenoxy) is 1. The molecule has 8 nitrogen and oxygen atoms in total. The lowest BCUT2D eigenvalue weighted by Gasteiger charge is -2.58. The number of aliphatic hydroxyl groups excluding tert-OH is 1. The number of benzene rings is 1. The summed E-state index contributed by atoms with van der Waals surface area (Å²) in [6.45, 7) is 6.89. The number of carbonyl (C=O) groups excluding carboxylic acids is 1. The van der Waals surface area contributed by atoms with E-state index in [4.69, 9.17) is 4.74 Å². The van der Waals surface area contributed by atoms with Crippen LogP contribution in [0.2, 0.25) is 0 Å². The summed E-state index contributed by atoms with van der Waals surface area (Å²) in [4.78, 5) is 12.7. The van der Waals surface area contributed by atoms with E-state index in [1.54, 1.807) is 31.4 Å². The predicted molar refractivity (Wildman–Crippen MR) is 152 cm³/mol. The van der Waals surface area contributed by atoms with Gasteiger partial charge >= 0.3 is 5.91 Å². The number of nitrogens with zero attached hydrogens (tertiary/aromatic N) is 3. The fraction of sp³-hybridized carbons (Fsp3) is 0.613. The molecule has 5 rings (SSSR count). The Morgan fingerprint density at radius 3 is 2.59 bits per heavy atom. The first-order chi connectivity index (χ1) is 18.7. The number of allylic oxidation sites excluding steroid dienone is 1. The van der Waals surface area contributed by atoms with Crippen LogP contribution in [0.25, 0.3) is 0 Å². The highest BCUT2D eigenvalue weighted by Gasteiger charge is 2.59. The maximum Gasteiger partial charge on any atom is 0.302 e. The van der Waals surface area contributed by atoms with Gasteiger partial charge in [-0.05, 0) is 111 Å². The largest absolute Gasteiger partial charge is 0.497 e. The van der Waals surface area contributed by atoms with Gasteiger partial charge in [0.2, 0.25) is 5.71 Å². The number of hydrazone groups is 2. The first-order valence-electron chi connectivity index (χ1n) is 14.3. The van der Waals surface area contributed by atoms with E-state index in [2.05, 4.69) is 41.0 Å². The molecule has 8 heteroatoms. The maximum atomic E-state index is 12.7. The third-order valence-electron chi connectivity index (χ3n) is 10.6. The second kappa shape index (κ2) is 10.8. The molecule has 1 aromatic carbocycles. The van der Waals surface area contributed by atoms with Gasteiger partial charge in [-0.15, -0.1) is 0 Å². The van der Waals surface area contributed by atoms with Crippen molar-refractivity contribution < 1.29 is 14.6 Å². The minimum atomic E-state index is -0.626. The summed E-state index contributed by atoms with van der Waals surface area (Å²) in [5.74, 6) is 2.37. The number of hydrogen-bond acceptors (Lipinski definition) is 7. The molecule has 208 valence electrons. The molecule has 0 radical (unpaired) electrons. The topological polar surface area (TPSA) is 119 Å². The highest BCUT2D eigenvalue weighted by molar-refractivity contribution is 6.45. The molecule has 3 fully saturated rings. The van der Waals surface area contributed by atoms with Crippen molar-refractivity contribution in [2.75, 3.05) is 12.5 Å². The smallest absolute Gasteiger partial charge is 0.302 e. The van der Waals surface area contributed by atoms with E-state index in [-0.39, 0.29) is 22.6 Å². The molecule has 0 aromatic heterocycles. The van der Waals surface area contributed by atoms with E-state index in [0.29, 0.717) is 35.1 Å². The molecule has 0 unspecified atom stereocenters. The lowest BCUT2D eigenvalue weighted by atomic mass is 9.47. The SMILES string of the molecule is COc1ccc(N/N=C(\C#N)C(=O)N/N=C(\C)[C@H]2CC[C@H]3[C@@H]4CC=C5C[C@@H](O)CC[C@]5(C)[C@H]4CC[C@]23C)cc1. The van der Waals surface area contributed by atoms with Gasteiger partial charge in [-0.1, -0.05) is 25.5 Å². The van der Waals surface area contributed by atoms with Crippen molar-refractivity contribution >= 4 is 23.0 Å². The Kier molecular flexibility index (Phi) is 7.56. The van der Waals surface area contributed by atoms with Crippen LogP contribution in [0.5, 0.6) is 5.75 Å². The summed E-state index contributed by atoms with van der Waals surface area (Å²) >= 11 is 0. The summed E-state index contributed by atoms with van der Waals surface area (Å²) < 4.78 is 5.14. The van der Waals surface area contributed by atoms with Crippen molar-refractivity contribution in [1.29, 1.82) is 5.26 Å². The third kappa shape index (κ3) is 4.98. The van der Waals surface area contributed by atoms with Crippen molar-refractivity contribution in [2.24, 2.45) is 44.7 Å². The summed E-state index contributed by atoms with van der Waals surface area (Å²) in [5, 5.41) is 28.2. The minimum absolute atomic E-state index is 0.150. The molecule has 1 amide bonds. The van der Waals surface area contributed by atoms with Crippen molar-refractivity contribution in [3.8, 4) is 11.8 Å². The molecular formula is C31H41N5O3. The molecule has 0 aliphatic heterocycles. The van der Waals surface area contributed by atoms with Gasteiger partial charge in [-0.2, -0.15) is 15.5 Å². The van der Waals surface area contributed by atoms with E-state index in [1.807, 2.05) is 13.0 Å².